The minimum Gasteiger partial charge on any atom is -0.494 e. The number of aryl methyl sites for hydroxylation is 2. The first-order valence-electron chi connectivity index (χ1n) is 6.09. The fraction of sp³-hybridized carbons (Fsp3) is 0.538. The lowest BCUT2D eigenvalue weighted by Gasteiger charge is -2.13. The molecule has 0 spiro atoms. The third-order valence-corrected chi connectivity index (χ3v) is 4.14. The number of sulfonamides is 1. The third kappa shape index (κ3) is 3.99. The molecule has 0 heterocycles. The van der Waals surface area contributed by atoms with E-state index >= 15 is 0 Å². The fourth-order valence-corrected chi connectivity index (χ4v) is 2.22. The predicted molar refractivity (Wildman–Crippen MR) is 73.4 cm³/mol. The molecule has 0 saturated carbocycles. The second-order valence-corrected chi connectivity index (χ2v) is 6.30. The van der Waals surface area contributed by atoms with Gasteiger partial charge in [-0.05, 0) is 50.5 Å². The van der Waals surface area contributed by atoms with Crippen LogP contribution in [0.1, 0.15) is 30.5 Å². The number of hydrogen-bond acceptors (Lipinski definition) is 3. The van der Waals surface area contributed by atoms with Crippen molar-refractivity contribution >= 4 is 10.0 Å². The number of nitrogens with one attached hydrogen (secondary N) is 1. The molecule has 0 aliphatic carbocycles. The Hall–Kier alpha value is -1.07. The van der Waals surface area contributed by atoms with Crippen molar-refractivity contribution in [3.05, 3.63) is 28.8 Å². The van der Waals surface area contributed by atoms with Gasteiger partial charge in [-0.1, -0.05) is 6.07 Å². The smallest absolute Gasteiger partial charge is 0.211 e. The Kier molecular flexibility index (Phi) is 5.16. The van der Waals surface area contributed by atoms with Crippen molar-refractivity contribution in [1.29, 1.82) is 0 Å². The summed E-state index contributed by atoms with van der Waals surface area (Å²) >= 11 is 0. The van der Waals surface area contributed by atoms with Gasteiger partial charge in [-0.2, -0.15) is 0 Å². The highest BCUT2D eigenvalue weighted by molar-refractivity contribution is 7.89. The minimum absolute atomic E-state index is 0.0993. The van der Waals surface area contributed by atoms with E-state index in [1.807, 2.05) is 32.9 Å². The highest BCUT2D eigenvalue weighted by Crippen LogP contribution is 2.22. The van der Waals surface area contributed by atoms with Gasteiger partial charge in [-0.25, -0.2) is 13.1 Å². The Morgan fingerprint density at radius 3 is 2.39 bits per heavy atom. The predicted octanol–water partition coefficient (Wildman–Crippen LogP) is 2.14. The second-order valence-electron chi connectivity index (χ2n) is 4.20. The van der Waals surface area contributed by atoms with Gasteiger partial charge in [-0.3, -0.25) is 0 Å². The largest absolute Gasteiger partial charge is 0.494 e. The first kappa shape index (κ1) is 15.0. The lowest BCUT2D eigenvalue weighted by Crippen LogP contribution is -2.25. The summed E-state index contributed by atoms with van der Waals surface area (Å²) in [6.45, 7) is 8.44. The van der Waals surface area contributed by atoms with Crippen molar-refractivity contribution in [3.8, 4) is 5.75 Å². The van der Waals surface area contributed by atoms with Crippen LogP contribution in [0.3, 0.4) is 0 Å². The summed E-state index contributed by atoms with van der Waals surface area (Å²) in [6, 6.07) is 3.92. The summed E-state index contributed by atoms with van der Waals surface area (Å²) in [5.74, 6) is 0.958. The van der Waals surface area contributed by atoms with Crippen LogP contribution in [0.4, 0.5) is 0 Å². The molecule has 0 saturated heterocycles. The van der Waals surface area contributed by atoms with Crippen molar-refractivity contribution in [2.75, 3.05) is 12.4 Å². The maximum absolute atomic E-state index is 11.4. The van der Waals surface area contributed by atoms with Gasteiger partial charge in [0.25, 0.3) is 0 Å². The molecule has 0 aliphatic rings. The Balaban J connectivity index is 2.88. The van der Waals surface area contributed by atoms with Gasteiger partial charge in [0.1, 0.15) is 5.75 Å². The molecule has 0 unspecified atom stereocenters. The average Bonchev–Trinajstić information content (AvgIpc) is 2.32. The molecule has 5 heteroatoms. The molecule has 1 aromatic rings. The summed E-state index contributed by atoms with van der Waals surface area (Å²) in [4.78, 5) is 0. The molecule has 0 aromatic heterocycles. The van der Waals surface area contributed by atoms with E-state index in [0.717, 1.165) is 22.4 Å². The highest BCUT2D eigenvalue weighted by Gasteiger charge is 2.09. The topological polar surface area (TPSA) is 55.4 Å². The Labute approximate surface area is 109 Å². The Morgan fingerprint density at radius 1 is 1.17 bits per heavy atom. The summed E-state index contributed by atoms with van der Waals surface area (Å²) in [7, 11) is -3.15. The molecule has 102 valence electrons. The van der Waals surface area contributed by atoms with Gasteiger partial charge in [-0.15, -0.1) is 0 Å². The monoisotopic (exact) mass is 271 g/mol. The minimum atomic E-state index is -3.15. The van der Waals surface area contributed by atoms with Crippen molar-refractivity contribution in [3.63, 3.8) is 0 Å². The third-order valence-electron chi connectivity index (χ3n) is 2.80. The van der Waals surface area contributed by atoms with Crippen molar-refractivity contribution in [2.45, 2.75) is 34.2 Å². The van der Waals surface area contributed by atoms with Crippen LogP contribution in [0.5, 0.6) is 5.75 Å². The number of rotatable bonds is 6. The summed E-state index contributed by atoms with van der Waals surface area (Å²) < 4.78 is 30.9. The average molecular weight is 271 g/mol. The van der Waals surface area contributed by atoms with E-state index in [9.17, 15) is 8.42 Å². The molecule has 0 radical (unpaired) electrons. The zero-order valence-corrected chi connectivity index (χ0v) is 12.2. The summed E-state index contributed by atoms with van der Waals surface area (Å²) in [5, 5.41) is 0. The maximum Gasteiger partial charge on any atom is 0.211 e. The molecule has 0 aliphatic heterocycles. The van der Waals surface area contributed by atoms with Crippen LogP contribution in [0.15, 0.2) is 12.1 Å². The molecular formula is C13H21NO3S. The van der Waals surface area contributed by atoms with Crippen LogP contribution in [0.25, 0.3) is 0 Å². The first-order chi connectivity index (χ1) is 8.39. The molecule has 1 rings (SSSR count). The van der Waals surface area contributed by atoms with Crippen LogP contribution >= 0.6 is 0 Å². The fourth-order valence-electron chi connectivity index (χ4n) is 1.64. The molecule has 0 fully saturated rings. The van der Waals surface area contributed by atoms with E-state index in [1.165, 1.54) is 0 Å². The van der Waals surface area contributed by atoms with Crippen LogP contribution < -0.4 is 9.46 Å². The molecule has 18 heavy (non-hydrogen) atoms. The van der Waals surface area contributed by atoms with Gasteiger partial charge in [0, 0.05) is 6.54 Å². The molecular weight excluding hydrogens is 250 g/mol. The van der Waals surface area contributed by atoms with Gasteiger partial charge >= 0.3 is 0 Å². The van der Waals surface area contributed by atoms with E-state index < -0.39 is 10.0 Å². The zero-order chi connectivity index (χ0) is 13.8. The summed E-state index contributed by atoms with van der Waals surface area (Å²) in [6.07, 6.45) is 0. The zero-order valence-electron chi connectivity index (χ0n) is 11.4. The molecule has 0 amide bonds. The molecule has 0 atom stereocenters. The number of benzene rings is 1. The van der Waals surface area contributed by atoms with Crippen LogP contribution in [0.2, 0.25) is 0 Å². The molecule has 1 N–H and O–H groups in total. The SMILES string of the molecule is CCOc1cc(C)c(CNS(=O)(=O)CC)cc1C. The van der Waals surface area contributed by atoms with Crippen LogP contribution in [0, 0.1) is 13.8 Å². The Morgan fingerprint density at radius 2 is 1.83 bits per heavy atom. The quantitative estimate of drug-likeness (QED) is 0.862. The van der Waals surface area contributed by atoms with E-state index in [0.29, 0.717) is 13.2 Å². The lowest BCUT2D eigenvalue weighted by molar-refractivity contribution is 0.337. The lowest BCUT2D eigenvalue weighted by atomic mass is 10.0. The van der Waals surface area contributed by atoms with Gasteiger partial charge in [0.15, 0.2) is 0 Å². The molecule has 4 nitrogen and oxygen atoms in total. The second kappa shape index (κ2) is 6.20. The normalized spacial score (nSPS) is 11.6. The first-order valence-corrected chi connectivity index (χ1v) is 7.75. The summed E-state index contributed by atoms with van der Waals surface area (Å²) in [5.41, 5.74) is 3.03. The van der Waals surface area contributed by atoms with E-state index in [1.54, 1.807) is 6.92 Å². The Bertz CT molecular complexity index is 509. The van der Waals surface area contributed by atoms with E-state index in [-0.39, 0.29) is 5.75 Å². The van der Waals surface area contributed by atoms with Crippen molar-refractivity contribution in [1.82, 2.24) is 4.72 Å². The van der Waals surface area contributed by atoms with Crippen molar-refractivity contribution < 1.29 is 13.2 Å². The standard InChI is InChI=1S/C13H21NO3S/c1-5-17-13-8-10(3)12(7-11(13)4)9-14-18(15,16)6-2/h7-8,14H,5-6,9H2,1-4H3. The van der Waals surface area contributed by atoms with Crippen LogP contribution in [-0.4, -0.2) is 20.8 Å². The number of ether oxygens (including phenoxy) is 1. The van der Waals surface area contributed by atoms with Gasteiger partial charge in [0.05, 0.1) is 12.4 Å². The maximum atomic E-state index is 11.4. The van der Waals surface area contributed by atoms with Gasteiger partial charge < -0.3 is 4.74 Å². The van der Waals surface area contributed by atoms with Gasteiger partial charge in [0.2, 0.25) is 10.0 Å². The number of hydrogen-bond donors (Lipinski definition) is 1. The molecule has 1 aromatic carbocycles. The van der Waals surface area contributed by atoms with Crippen LogP contribution in [-0.2, 0) is 16.6 Å². The van der Waals surface area contributed by atoms with E-state index in [4.69, 9.17) is 4.74 Å². The van der Waals surface area contributed by atoms with Crippen molar-refractivity contribution in [2.24, 2.45) is 0 Å². The highest BCUT2D eigenvalue weighted by atomic mass is 32.2. The molecule has 0 bridgehead atoms. The van der Waals surface area contributed by atoms with E-state index in [2.05, 4.69) is 4.72 Å².